The Morgan fingerprint density at radius 1 is 1.00 bits per heavy atom. The van der Waals surface area contributed by atoms with Crippen molar-refractivity contribution in [2.45, 2.75) is 6.54 Å². The molecule has 8 heteroatoms. The number of nitrogens with zero attached hydrogens (tertiary/aromatic N) is 2. The van der Waals surface area contributed by atoms with Gasteiger partial charge in [-0.2, -0.15) is 0 Å². The SMILES string of the molecule is COc1cc(-c2nc3ccccc3c(=O)n2NCc2cccs2)cc(OC)c1OC. The van der Waals surface area contributed by atoms with Crippen LogP contribution in [0.25, 0.3) is 22.3 Å². The predicted molar refractivity (Wildman–Crippen MR) is 118 cm³/mol. The van der Waals surface area contributed by atoms with Gasteiger partial charge in [-0.15, -0.1) is 11.3 Å². The van der Waals surface area contributed by atoms with Crippen molar-refractivity contribution in [3.05, 3.63) is 69.1 Å². The van der Waals surface area contributed by atoms with Crippen molar-refractivity contribution in [3.8, 4) is 28.6 Å². The molecule has 2 aromatic heterocycles. The average molecular weight is 423 g/mol. The molecule has 154 valence electrons. The molecule has 30 heavy (non-hydrogen) atoms. The molecule has 0 atom stereocenters. The molecule has 0 unspecified atom stereocenters. The highest BCUT2D eigenvalue weighted by Crippen LogP contribution is 2.40. The lowest BCUT2D eigenvalue weighted by molar-refractivity contribution is 0.324. The second-order valence-corrected chi connectivity index (χ2v) is 7.45. The minimum atomic E-state index is -0.180. The predicted octanol–water partition coefficient (Wildman–Crippen LogP) is 3.89. The van der Waals surface area contributed by atoms with Gasteiger partial charge in [0.1, 0.15) is 0 Å². The van der Waals surface area contributed by atoms with Crippen LogP contribution in [0, 0.1) is 0 Å². The molecule has 0 fully saturated rings. The van der Waals surface area contributed by atoms with Crippen LogP contribution in [0.2, 0.25) is 0 Å². The van der Waals surface area contributed by atoms with Gasteiger partial charge in [-0.25, -0.2) is 9.66 Å². The summed E-state index contributed by atoms with van der Waals surface area (Å²) in [5, 5.41) is 2.53. The van der Waals surface area contributed by atoms with E-state index >= 15 is 0 Å². The maximum Gasteiger partial charge on any atom is 0.280 e. The summed E-state index contributed by atoms with van der Waals surface area (Å²) >= 11 is 1.62. The normalized spacial score (nSPS) is 10.8. The smallest absolute Gasteiger partial charge is 0.280 e. The number of rotatable bonds is 7. The van der Waals surface area contributed by atoms with Gasteiger partial charge in [0.2, 0.25) is 5.75 Å². The number of hydrogen-bond acceptors (Lipinski definition) is 7. The van der Waals surface area contributed by atoms with E-state index in [9.17, 15) is 4.79 Å². The number of fused-ring (bicyclic) bond motifs is 1. The molecule has 0 saturated carbocycles. The summed E-state index contributed by atoms with van der Waals surface area (Å²) in [7, 11) is 4.65. The lowest BCUT2D eigenvalue weighted by Gasteiger charge is -2.18. The summed E-state index contributed by atoms with van der Waals surface area (Å²) in [6.07, 6.45) is 0. The standard InChI is InChI=1S/C22H21N3O4S/c1-27-18-11-14(12-19(28-2)20(18)29-3)21-24-17-9-5-4-8-16(17)22(26)25(21)23-13-15-7-6-10-30-15/h4-12,23H,13H2,1-3H3. The first-order valence-electron chi connectivity index (χ1n) is 9.24. The molecule has 4 aromatic rings. The van der Waals surface area contributed by atoms with Crippen molar-refractivity contribution in [1.82, 2.24) is 9.66 Å². The summed E-state index contributed by atoms with van der Waals surface area (Å²) in [5.74, 6) is 1.90. The molecule has 0 radical (unpaired) electrons. The number of para-hydroxylation sites is 1. The molecule has 0 aliphatic rings. The molecule has 0 bridgehead atoms. The van der Waals surface area contributed by atoms with E-state index in [0.717, 1.165) is 4.88 Å². The van der Waals surface area contributed by atoms with Gasteiger partial charge in [0.25, 0.3) is 5.56 Å². The van der Waals surface area contributed by atoms with Crippen LogP contribution < -0.4 is 25.2 Å². The Bertz CT molecular complexity index is 1210. The second kappa shape index (κ2) is 8.46. The summed E-state index contributed by atoms with van der Waals surface area (Å²) in [5.41, 5.74) is 4.31. The Balaban J connectivity index is 1.93. The molecule has 2 heterocycles. The van der Waals surface area contributed by atoms with E-state index in [4.69, 9.17) is 19.2 Å². The lowest BCUT2D eigenvalue weighted by Crippen LogP contribution is -2.31. The van der Waals surface area contributed by atoms with Crippen molar-refractivity contribution in [1.29, 1.82) is 0 Å². The maximum atomic E-state index is 13.3. The summed E-state index contributed by atoms with van der Waals surface area (Å²) in [6.45, 7) is 0.495. The van der Waals surface area contributed by atoms with Crippen molar-refractivity contribution < 1.29 is 14.2 Å². The maximum absolute atomic E-state index is 13.3. The largest absolute Gasteiger partial charge is 0.493 e. The fraction of sp³-hybridized carbons (Fsp3) is 0.182. The van der Waals surface area contributed by atoms with Crippen molar-refractivity contribution >= 4 is 22.2 Å². The van der Waals surface area contributed by atoms with Crippen LogP contribution >= 0.6 is 11.3 Å². The minimum Gasteiger partial charge on any atom is -0.493 e. The van der Waals surface area contributed by atoms with E-state index in [1.807, 2.05) is 35.7 Å². The molecule has 2 aromatic carbocycles. The first-order chi connectivity index (χ1) is 14.7. The van der Waals surface area contributed by atoms with Gasteiger partial charge in [0, 0.05) is 10.4 Å². The fourth-order valence-electron chi connectivity index (χ4n) is 3.25. The van der Waals surface area contributed by atoms with Crippen LogP contribution in [-0.4, -0.2) is 31.0 Å². The highest BCUT2D eigenvalue weighted by molar-refractivity contribution is 7.09. The topological polar surface area (TPSA) is 74.6 Å². The fourth-order valence-corrected chi connectivity index (χ4v) is 3.89. The molecule has 0 spiro atoms. The van der Waals surface area contributed by atoms with Gasteiger partial charge < -0.3 is 19.6 Å². The first-order valence-corrected chi connectivity index (χ1v) is 10.1. The van der Waals surface area contributed by atoms with Crippen LogP contribution in [-0.2, 0) is 6.54 Å². The van der Waals surface area contributed by atoms with E-state index in [1.165, 1.54) is 4.68 Å². The van der Waals surface area contributed by atoms with Crippen LogP contribution in [0.1, 0.15) is 4.88 Å². The molecule has 0 aliphatic heterocycles. The van der Waals surface area contributed by atoms with Crippen LogP contribution in [0.4, 0.5) is 0 Å². The molecule has 7 nitrogen and oxygen atoms in total. The molecular weight excluding hydrogens is 402 g/mol. The summed E-state index contributed by atoms with van der Waals surface area (Å²) in [4.78, 5) is 19.2. The highest BCUT2D eigenvalue weighted by Gasteiger charge is 2.19. The number of thiophene rings is 1. The van der Waals surface area contributed by atoms with E-state index in [0.29, 0.717) is 46.1 Å². The van der Waals surface area contributed by atoms with Gasteiger partial charge in [-0.3, -0.25) is 4.79 Å². The second-order valence-electron chi connectivity index (χ2n) is 6.42. The number of nitrogens with one attached hydrogen (secondary N) is 1. The number of ether oxygens (including phenoxy) is 3. The van der Waals surface area contributed by atoms with Gasteiger partial charge in [0.15, 0.2) is 17.3 Å². The zero-order valence-corrected chi connectivity index (χ0v) is 17.7. The van der Waals surface area contributed by atoms with Crippen molar-refractivity contribution in [2.24, 2.45) is 0 Å². The van der Waals surface area contributed by atoms with Gasteiger partial charge in [0.05, 0.1) is 38.8 Å². The minimum absolute atomic E-state index is 0.180. The van der Waals surface area contributed by atoms with E-state index in [1.54, 1.807) is 50.9 Å². The van der Waals surface area contributed by atoms with Crippen molar-refractivity contribution in [3.63, 3.8) is 0 Å². The third-order valence-electron chi connectivity index (χ3n) is 4.69. The lowest BCUT2D eigenvalue weighted by atomic mass is 10.1. The van der Waals surface area contributed by atoms with Crippen molar-refractivity contribution in [2.75, 3.05) is 26.8 Å². The Kier molecular flexibility index (Phi) is 5.58. The Morgan fingerprint density at radius 2 is 1.73 bits per heavy atom. The Labute approximate surface area is 177 Å². The number of hydrogen-bond donors (Lipinski definition) is 1. The first kappa shape index (κ1) is 19.8. The Hall–Kier alpha value is -3.52. The van der Waals surface area contributed by atoms with Crippen LogP contribution in [0.3, 0.4) is 0 Å². The summed E-state index contributed by atoms with van der Waals surface area (Å²) in [6, 6.07) is 14.8. The highest BCUT2D eigenvalue weighted by atomic mass is 32.1. The number of methoxy groups -OCH3 is 3. The van der Waals surface area contributed by atoms with Gasteiger partial charge in [-0.1, -0.05) is 18.2 Å². The molecule has 4 rings (SSSR count). The number of aromatic nitrogens is 2. The third kappa shape index (κ3) is 3.57. The van der Waals surface area contributed by atoms with E-state index in [2.05, 4.69) is 5.43 Å². The van der Waals surface area contributed by atoms with E-state index < -0.39 is 0 Å². The molecule has 0 saturated heterocycles. The number of benzene rings is 2. The van der Waals surface area contributed by atoms with Crippen LogP contribution in [0.15, 0.2) is 58.7 Å². The zero-order chi connectivity index (χ0) is 21.1. The summed E-state index contributed by atoms with van der Waals surface area (Å²) < 4.78 is 17.8. The zero-order valence-electron chi connectivity index (χ0n) is 16.8. The molecule has 1 N–H and O–H groups in total. The quantitative estimate of drug-likeness (QED) is 0.486. The molecular formula is C22H21N3O4S. The third-order valence-corrected chi connectivity index (χ3v) is 5.57. The monoisotopic (exact) mass is 423 g/mol. The van der Waals surface area contributed by atoms with E-state index in [-0.39, 0.29) is 5.56 Å². The molecule has 0 amide bonds. The molecule has 0 aliphatic carbocycles. The van der Waals surface area contributed by atoms with Gasteiger partial charge >= 0.3 is 0 Å². The van der Waals surface area contributed by atoms with Gasteiger partial charge in [-0.05, 0) is 35.7 Å². The Morgan fingerprint density at radius 3 is 2.37 bits per heavy atom. The van der Waals surface area contributed by atoms with Crippen LogP contribution in [0.5, 0.6) is 17.2 Å². The average Bonchev–Trinajstić information content (AvgIpc) is 3.31.